The molecule has 0 radical (unpaired) electrons. The Bertz CT molecular complexity index is 1560. The number of benzene rings is 4. The molecular weight excluding hydrogens is 663 g/mol. The van der Waals surface area contributed by atoms with Gasteiger partial charge in [0.2, 0.25) is 0 Å². The molecule has 4 aromatic rings. The van der Waals surface area contributed by atoms with Crippen molar-refractivity contribution in [2.45, 2.75) is 64.2 Å². The summed E-state index contributed by atoms with van der Waals surface area (Å²) in [6.45, 7) is 9.84. The molecule has 2 heterocycles. The van der Waals surface area contributed by atoms with Crippen LogP contribution in [0.15, 0.2) is 109 Å². The molecule has 0 fully saturated rings. The summed E-state index contributed by atoms with van der Waals surface area (Å²) < 4.78 is 59.2. The zero-order chi connectivity index (χ0) is 34.3. The summed E-state index contributed by atoms with van der Waals surface area (Å²) in [5.74, 6) is 0. The summed E-state index contributed by atoms with van der Waals surface area (Å²) in [6.07, 6.45) is 10.6. The van der Waals surface area contributed by atoms with Crippen molar-refractivity contribution in [1.82, 2.24) is 0 Å². The first-order chi connectivity index (χ1) is 21.7. The number of halogens is 6. The predicted octanol–water partition coefficient (Wildman–Crippen LogP) is 11.8. The molecule has 0 bridgehead atoms. The molecule has 47 heavy (non-hydrogen) atoms. The van der Waals surface area contributed by atoms with Gasteiger partial charge in [0, 0.05) is 11.1 Å². The van der Waals surface area contributed by atoms with E-state index in [1.54, 1.807) is 32.3 Å². The molecule has 2 aliphatic rings. The van der Waals surface area contributed by atoms with Gasteiger partial charge in [-0.1, -0.05) is 100 Å². The number of hydrogen-bond acceptors (Lipinski definition) is 0. The van der Waals surface area contributed by atoms with Gasteiger partial charge >= 0.3 is 33.0 Å². The van der Waals surface area contributed by atoms with Gasteiger partial charge in [-0.15, -0.1) is 0 Å². The van der Waals surface area contributed by atoms with Crippen LogP contribution in [0.5, 0.6) is 0 Å². The van der Waals surface area contributed by atoms with Crippen LogP contribution in [0.3, 0.4) is 0 Å². The van der Waals surface area contributed by atoms with Gasteiger partial charge in [0.05, 0.1) is 49.8 Å². The standard InChI is InChI=1S/C38H46P2.F6P/c1-37(2)25-29-39(31-17-7-5-8-18-31,35-23-13-11-21-33(35)37)27-15-16-28-40(32-19-9-6-10-20-32)30-26-38(3,4)34-22-12-14-24-36(34)40;1-7(2,3,4,5)6/h5-14,17-24H,15-16,25-30H2,1-4H3;/q+2;-1. The first kappa shape index (κ1) is 36.0. The maximum atomic E-state index is 9.87. The van der Waals surface area contributed by atoms with Crippen molar-refractivity contribution >= 4 is 43.6 Å². The normalized spacial score (nSPS) is 24.4. The van der Waals surface area contributed by atoms with Gasteiger partial charge in [-0.3, -0.25) is 0 Å². The van der Waals surface area contributed by atoms with Crippen molar-refractivity contribution in [1.29, 1.82) is 0 Å². The van der Waals surface area contributed by atoms with Crippen LogP contribution in [-0.2, 0) is 10.8 Å². The Morgan fingerprint density at radius 1 is 0.489 bits per heavy atom. The van der Waals surface area contributed by atoms with Crippen LogP contribution in [0.2, 0.25) is 0 Å². The monoisotopic (exact) mass is 709 g/mol. The second-order valence-electron chi connectivity index (χ2n) is 14.5. The molecule has 2 aliphatic heterocycles. The van der Waals surface area contributed by atoms with Crippen molar-refractivity contribution in [3.05, 3.63) is 120 Å². The third-order valence-electron chi connectivity index (χ3n) is 10.3. The Labute approximate surface area is 277 Å². The van der Waals surface area contributed by atoms with Crippen molar-refractivity contribution in [2.75, 3.05) is 24.6 Å². The van der Waals surface area contributed by atoms with E-state index in [2.05, 4.69) is 137 Å². The average molecular weight is 710 g/mol. The van der Waals surface area contributed by atoms with Gasteiger partial charge in [-0.05, 0) is 72.9 Å². The van der Waals surface area contributed by atoms with Gasteiger partial charge in [0.1, 0.15) is 10.6 Å². The minimum atomic E-state index is -10.7. The van der Waals surface area contributed by atoms with Crippen LogP contribution in [0.25, 0.3) is 0 Å². The first-order valence-corrected chi connectivity index (χ1v) is 22.7. The van der Waals surface area contributed by atoms with Crippen molar-refractivity contribution in [2.24, 2.45) is 0 Å². The van der Waals surface area contributed by atoms with E-state index in [1.807, 2.05) is 0 Å². The SMILES string of the molecule is CC1(C)CC[P+](CCCC[P+]2(c3ccccc3)CCC(C)(C)c3ccccc32)(c2ccccc2)c2ccccc21.F[P-](F)(F)(F)(F)F. The Morgan fingerprint density at radius 3 is 1.13 bits per heavy atom. The zero-order valence-corrected chi connectivity index (χ0v) is 30.3. The molecule has 254 valence electrons. The molecule has 0 aromatic heterocycles. The molecule has 0 nitrogen and oxygen atoms in total. The second-order valence-corrected chi connectivity index (χ2v) is 24.0. The Kier molecular flexibility index (Phi) is 9.40. The molecule has 6 rings (SSSR count). The Balaban J connectivity index is 0.000000559. The summed E-state index contributed by atoms with van der Waals surface area (Å²) in [6, 6.07) is 42.2. The topological polar surface area (TPSA) is 0 Å². The summed E-state index contributed by atoms with van der Waals surface area (Å²) in [5, 5.41) is 6.62. The third-order valence-corrected chi connectivity index (χ3v) is 19.6. The van der Waals surface area contributed by atoms with Crippen molar-refractivity contribution in [3.63, 3.8) is 0 Å². The fourth-order valence-corrected chi connectivity index (χ4v) is 18.1. The molecule has 0 saturated carbocycles. The molecule has 9 heteroatoms. The molecule has 2 atom stereocenters. The molecular formula is C38H46F6P3+. The van der Waals surface area contributed by atoms with Crippen LogP contribution in [0.4, 0.5) is 25.2 Å². The van der Waals surface area contributed by atoms with Crippen LogP contribution >= 0.6 is 22.3 Å². The van der Waals surface area contributed by atoms with Gasteiger partial charge in [0.25, 0.3) is 0 Å². The van der Waals surface area contributed by atoms with Gasteiger partial charge < -0.3 is 0 Å². The molecule has 0 amide bonds. The van der Waals surface area contributed by atoms with E-state index in [9.17, 15) is 25.2 Å². The van der Waals surface area contributed by atoms with Crippen LogP contribution in [0.1, 0.15) is 64.5 Å². The van der Waals surface area contributed by atoms with E-state index in [1.165, 1.54) is 50.3 Å². The molecule has 0 spiro atoms. The summed E-state index contributed by atoms with van der Waals surface area (Å²) in [4.78, 5) is 0. The van der Waals surface area contributed by atoms with Gasteiger partial charge in [-0.2, -0.15) is 0 Å². The predicted molar refractivity (Wildman–Crippen MR) is 196 cm³/mol. The van der Waals surface area contributed by atoms with E-state index < -0.39 is 22.3 Å². The van der Waals surface area contributed by atoms with Crippen molar-refractivity contribution in [3.8, 4) is 0 Å². The van der Waals surface area contributed by atoms with Gasteiger partial charge in [0.15, 0.2) is 0 Å². The first-order valence-electron chi connectivity index (χ1n) is 16.4. The van der Waals surface area contributed by atoms with E-state index in [0.29, 0.717) is 0 Å². The zero-order valence-electron chi connectivity index (χ0n) is 27.7. The summed E-state index contributed by atoms with van der Waals surface area (Å²) in [7, 11) is -13.6. The number of unbranched alkanes of at least 4 members (excludes halogenated alkanes) is 1. The summed E-state index contributed by atoms with van der Waals surface area (Å²) >= 11 is 0. The Morgan fingerprint density at radius 2 is 0.787 bits per heavy atom. The number of hydrogen-bond donors (Lipinski definition) is 0. The van der Waals surface area contributed by atoms with Gasteiger partial charge in [-0.25, -0.2) is 0 Å². The van der Waals surface area contributed by atoms with E-state index in [-0.39, 0.29) is 10.8 Å². The van der Waals surface area contributed by atoms with E-state index in [0.717, 1.165) is 0 Å². The molecule has 0 N–H and O–H groups in total. The number of fused-ring (bicyclic) bond motifs is 2. The number of rotatable bonds is 7. The van der Waals surface area contributed by atoms with E-state index >= 15 is 0 Å². The fourth-order valence-electron chi connectivity index (χ4n) is 7.74. The van der Waals surface area contributed by atoms with Crippen LogP contribution in [-0.4, -0.2) is 24.6 Å². The molecule has 4 aromatic carbocycles. The van der Waals surface area contributed by atoms with Crippen molar-refractivity contribution < 1.29 is 25.2 Å². The molecule has 0 aliphatic carbocycles. The van der Waals surface area contributed by atoms with Crippen LogP contribution in [0, 0.1) is 0 Å². The quantitative estimate of drug-likeness (QED) is 0.102. The minimum absolute atomic E-state index is 0.260. The van der Waals surface area contributed by atoms with E-state index in [4.69, 9.17) is 0 Å². The van der Waals surface area contributed by atoms with Crippen LogP contribution < -0.4 is 21.2 Å². The maximum absolute atomic E-state index is 10.7. The molecule has 2 unspecified atom stereocenters. The molecule has 0 saturated heterocycles. The Hall–Kier alpha value is -2.25. The third kappa shape index (κ3) is 8.49. The summed E-state index contributed by atoms with van der Waals surface area (Å²) in [5.41, 5.74) is 3.73. The average Bonchev–Trinajstić information content (AvgIpc) is 3.01. The fraction of sp³-hybridized carbons (Fsp3) is 0.368. The second kappa shape index (κ2) is 12.3.